The Bertz CT molecular complexity index is 680. The SMILES string of the molecule is CCCOc1ccccc1/C=N\Nc1nc(C)c(C(C)=O)s1. The first-order chi connectivity index (χ1) is 10.6. The predicted octanol–water partition coefficient (Wildman–Crippen LogP) is 3.89. The summed E-state index contributed by atoms with van der Waals surface area (Å²) in [5, 5.41) is 4.78. The molecule has 0 fully saturated rings. The summed E-state index contributed by atoms with van der Waals surface area (Å²) < 4.78 is 5.67. The van der Waals surface area contributed by atoms with Crippen LogP contribution in [0.5, 0.6) is 5.75 Å². The molecule has 0 saturated carbocycles. The van der Waals surface area contributed by atoms with Crippen LogP contribution in [0.15, 0.2) is 29.4 Å². The van der Waals surface area contributed by atoms with Crippen molar-refractivity contribution in [2.45, 2.75) is 27.2 Å². The summed E-state index contributed by atoms with van der Waals surface area (Å²) in [4.78, 5) is 16.3. The van der Waals surface area contributed by atoms with E-state index in [0.717, 1.165) is 23.4 Å². The summed E-state index contributed by atoms with van der Waals surface area (Å²) in [5.74, 6) is 0.819. The van der Waals surface area contributed by atoms with E-state index in [2.05, 4.69) is 22.4 Å². The van der Waals surface area contributed by atoms with Crippen LogP contribution in [0, 0.1) is 6.92 Å². The van der Waals surface area contributed by atoms with Crippen LogP contribution in [-0.2, 0) is 0 Å². The molecule has 0 amide bonds. The number of ether oxygens (including phenoxy) is 1. The van der Waals surface area contributed by atoms with E-state index in [0.29, 0.717) is 16.6 Å². The largest absolute Gasteiger partial charge is 0.493 e. The number of ketones is 1. The Hall–Kier alpha value is -2.21. The molecular formula is C16H19N3O2S. The van der Waals surface area contributed by atoms with Gasteiger partial charge in [-0.2, -0.15) is 5.10 Å². The van der Waals surface area contributed by atoms with Gasteiger partial charge in [0.25, 0.3) is 0 Å². The van der Waals surface area contributed by atoms with E-state index in [1.807, 2.05) is 31.2 Å². The molecule has 2 aromatic rings. The third kappa shape index (κ3) is 4.14. The number of nitrogens with zero attached hydrogens (tertiary/aromatic N) is 2. The van der Waals surface area contributed by atoms with Crippen molar-refractivity contribution in [3.63, 3.8) is 0 Å². The molecule has 0 saturated heterocycles. The molecule has 0 aliphatic carbocycles. The van der Waals surface area contributed by atoms with Crippen LogP contribution >= 0.6 is 11.3 Å². The number of carbonyl (C=O) groups excluding carboxylic acids is 1. The average molecular weight is 317 g/mol. The predicted molar refractivity (Wildman–Crippen MR) is 90.3 cm³/mol. The van der Waals surface area contributed by atoms with Crippen molar-refractivity contribution in [1.29, 1.82) is 0 Å². The average Bonchev–Trinajstić information content (AvgIpc) is 2.87. The molecule has 2 rings (SSSR count). The molecule has 6 heteroatoms. The lowest BCUT2D eigenvalue weighted by atomic mass is 10.2. The van der Waals surface area contributed by atoms with Gasteiger partial charge >= 0.3 is 0 Å². The Labute approximate surface area is 134 Å². The zero-order valence-corrected chi connectivity index (χ0v) is 13.7. The van der Waals surface area contributed by atoms with Gasteiger partial charge < -0.3 is 4.74 Å². The number of para-hydroxylation sites is 1. The van der Waals surface area contributed by atoms with Gasteiger partial charge in [0.2, 0.25) is 5.13 Å². The maximum atomic E-state index is 11.4. The number of rotatable bonds is 7. The van der Waals surface area contributed by atoms with Gasteiger partial charge in [0.1, 0.15) is 5.75 Å². The standard InChI is InChI=1S/C16H19N3O2S/c1-4-9-21-14-8-6-5-7-13(14)10-17-19-16-18-11(2)15(22-16)12(3)20/h5-8,10H,4,9H2,1-3H3,(H,18,19)/b17-10-. The van der Waals surface area contributed by atoms with E-state index in [9.17, 15) is 4.79 Å². The number of hydrogen-bond donors (Lipinski definition) is 1. The number of Topliss-reactive ketones (excluding diaryl/α,β-unsaturated/α-hetero) is 1. The molecule has 1 aromatic carbocycles. The first kappa shape index (κ1) is 16.2. The van der Waals surface area contributed by atoms with Crippen molar-refractivity contribution in [3.8, 4) is 5.75 Å². The zero-order valence-electron chi connectivity index (χ0n) is 12.9. The number of nitrogens with one attached hydrogen (secondary N) is 1. The van der Waals surface area contributed by atoms with E-state index >= 15 is 0 Å². The molecule has 0 aliphatic heterocycles. The van der Waals surface area contributed by atoms with Crippen LogP contribution in [0.2, 0.25) is 0 Å². The fourth-order valence-corrected chi connectivity index (χ4v) is 2.67. The molecule has 22 heavy (non-hydrogen) atoms. The second-order valence-electron chi connectivity index (χ2n) is 4.75. The van der Waals surface area contributed by atoms with E-state index in [4.69, 9.17) is 4.74 Å². The summed E-state index contributed by atoms with van der Waals surface area (Å²) in [6.45, 7) is 6.09. The van der Waals surface area contributed by atoms with Gasteiger partial charge in [0.15, 0.2) is 5.78 Å². The third-order valence-corrected chi connectivity index (χ3v) is 4.02. The van der Waals surface area contributed by atoms with Crippen LogP contribution in [0.4, 0.5) is 5.13 Å². The highest BCUT2D eigenvalue weighted by Crippen LogP contribution is 2.23. The molecule has 0 aliphatic rings. The van der Waals surface area contributed by atoms with E-state index in [1.54, 1.807) is 6.21 Å². The Morgan fingerprint density at radius 2 is 2.23 bits per heavy atom. The molecule has 0 unspecified atom stereocenters. The van der Waals surface area contributed by atoms with Crippen molar-refractivity contribution in [2.75, 3.05) is 12.0 Å². The lowest BCUT2D eigenvalue weighted by Gasteiger charge is -2.07. The van der Waals surface area contributed by atoms with E-state index < -0.39 is 0 Å². The molecule has 0 spiro atoms. The maximum Gasteiger partial charge on any atom is 0.204 e. The summed E-state index contributed by atoms with van der Waals surface area (Å²) in [6.07, 6.45) is 2.64. The smallest absolute Gasteiger partial charge is 0.204 e. The molecule has 0 atom stereocenters. The number of carbonyl (C=O) groups is 1. The minimum absolute atomic E-state index is 0.0188. The topological polar surface area (TPSA) is 63.6 Å². The highest BCUT2D eigenvalue weighted by molar-refractivity contribution is 7.17. The van der Waals surface area contributed by atoms with Gasteiger partial charge in [-0.05, 0) is 25.5 Å². The van der Waals surface area contributed by atoms with E-state index in [-0.39, 0.29) is 5.78 Å². The molecule has 1 heterocycles. The highest BCUT2D eigenvalue weighted by Gasteiger charge is 2.10. The van der Waals surface area contributed by atoms with Crippen molar-refractivity contribution in [3.05, 3.63) is 40.4 Å². The number of benzene rings is 1. The van der Waals surface area contributed by atoms with Crippen LogP contribution in [-0.4, -0.2) is 23.6 Å². The highest BCUT2D eigenvalue weighted by atomic mass is 32.1. The maximum absolute atomic E-state index is 11.4. The molecule has 1 aromatic heterocycles. The fourth-order valence-electron chi connectivity index (χ4n) is 1.86. The second kappa shape index (κ2) is 7.70. The minimum Gasteiger partial charge on any atom is -0.493 e. The molecular weight excluding hydrogens is 298 g/mol. The number of hydrogen-bond acceptors (Lipinski definition) is 6. The van der Waals surface area contributed by atoms with Crippen LogP contribution in [0.3, 0.4) is 0 Å². The number of anilines is 1. The fraction of sp³-hybridized carbons (Fsp3) is 0.312. The molecule has 1 N–H and O–H groups in total. The number of aryl methyl sites for hydroxylation is 1. The summed E-state index contributed by atoms with van der Waals surface area (Å²) >= 11 is 1.30. The van der Waals surface area contributed by atoms with Gasteiger partial charge in [-0.15, -0.1) is 0 Å². The number of hydrazone groups is 1. The minimum atomic E-state index is 0.0188. The van der Waals surface area contributed by atoms with Gasteiger partial charge in [-0.1, -0.05) is 30.4 Å². The molecule has 0 bridgehead atoms. The van der Waals surface area contributed by atoms with Gasteiger partial charge in [0, 0.05) is 12.5 Å². The quantitative estimate of drug-likeness (QED) is 0.478. The van der Waals surface area contributed by atoms with Gasteiger partial charge in [-0.3, -0.25) is 10.2 Å². The van der Waals surface area contributed by atoms with Crippen molar-refractivity contribution in [2.24, 2.45) is 5.10 Å². The van der Waals surface area contributed by atoms with Crippen molar-refractivity contribution in [1.82, 2.24) is 4.98 Å². The first-order valence-corrected chi connectivity index (χ1v) is 7.92. The molecule has 5 nitrogen and oxygen atoms in total. The summed E-state index contributed by atoms with van der Waals surface area (Å²) in [5.41, 5.74) is 4.48. The van der Waals surface area contributed by atoms with Crippen molar-refractivity contribution >= 4 is 28.5 Å². The van der Waals surface area contributed by atoms with Crippen LogP contribution in [0.25, 0.3) is 0 Å². The zero-order chi connectivity index (χ0) is 15.9. The van der Waals surface area contributed by atoms with Gasteiger partial charge in [-0.25, -0.2) is 4.98 Å². The number of thiazole rings is 1. The molecule has 0 radical (unpaired) electrons. The Kier molecular flexibility index (Phi) is 5.66. The lowest BCUT2D eigenvalue weighted by molar-refractivity contribution is 0.102. The van der Waals surface area contributed by atoms with E-state index in [1.165, 1.54) is 18.3 Å². The second-order valence-corrected chi connectivity index (χ2v) is 5.75. The molecule has 116 valence electrons. The lowest BCUT2D eigenvalue weighted by Crippen LogP contribution is -1.99. The third-order valence-electron chi connectivity index (χ3n) is 2.86. The van der Waals surface area contributed by atoms with Crippen molar-refractivity contribution < 1.29 is 9.53 Å². The van der Waals surface area contributed by atoms with Gasteiger partial charge in [0.05, 0.1) is 23.4 Å². The normalized spacial score (nSPS) is 10.9. The Morgan fingerprint density at radius 1 is 1.45 bits per heavy atom. The Morgan fingerprint density at radius 3 is 2.91 bits per heavy atom. The first-order valence-electron chi connectivity index (χ1n) is 7.11. The Balaban J connectivity index is 2.06. The van der Waals surface area contributed by atoms with Crippen LogP contribution in [0.1, 0.15) is 41.2 Å². The summed E-state index contributed by atoms with van der Waals surface area (Å²) in [6, 6.07) is 7.71. The summed E-state index contributed by atoms with van der Waals surface area (Å²) in [7, 11) is 0. The van der Waals surface area contributed by atoms with Crippen LogP contribution < -0.4 is 10.2 Å². The number of aromatic nitrogens is 1. The monoisotopic (exact) mass is 317 g/mol.